The molecule has 20 heavy (non-hydrogen) atoms. The Morgan fingerprint density at radius 1 is 1.20 bits per heavy atom. The van der Waals surface area contributed by atoms with E-state index in [1.807, 2.05) is 0 Å². The van der Waals surface area contributed by atoms with Crippen molar-refractivity contribution < 1.29 is 14.2 Å². The molecule has 108 valence electrons. The van der Waals surface area contributed by atoms with E-state index < -0.39 is 0 Å². The number of hydrogen-bond donors (Lipinski definition) is 1. The number of H-pyrrole nitrogens is 1. The molecule has 0 amide bonds. The Hall–Kier alpha value is -1.72. The lowest BCUT2D eigenvalue weighted by molar-refractivity contribution is -0.773. The van der Waals surface area contributed by atoms with Gasteiger partial charge in [0.15, 0.2) is 6.04 Å². The van der Waals surface area contributed by atoms with Crippen LogP contribution in [-0.4, -0.2) is 17.2 Å². The number of carbonyl (C=O) groups excluding carboxylic acids is 1. The topological polar surface area (TPSA) is 75.4 Å². The lowest BCUT2D eigenvalue weighted by atomic mass is 10.2. The molecule has 1 aromatic heterocycles. The predicted octanol–water partition coefficient (Wildman–Crippen LogP) is 2.91. The second-order valence-corrected chi connectivity index (χ2v) is 5.74. The zero-order valence-corrected chi connectivity index (χ0v) is 11.5. The molecular formula is C14H20N3O3+. The molecule has 1 heterocycles. The number of nitrogens with one attached hydrogen (secondary N) is 1. The van der Waals surface area contributed by atoms with Crippen molar-refractivity contribution in [2.75, 3.05) is 0 Å². The van der Waals surface area contributed by atoms with Crippen molar-refractivity contribution in [3.63, 3.8) is 0 Å². The zero-order chi connectivity index (χ0) is 13.9. The van der Waals surface area contributed by atoms with Gasteiger partial charge in [-0.15, -0.1) is 10.0 Å². The maximum Gasteiger partial charge on any atom is 0.406 e. The van der Waals surface area contributed by atoms with Crippen LogP contribution >= 0.6 is 0 Å². The van der Waals surface area contributed by atoms with Gasteiger partial charge in [-0.1, -0.05) is 4.68 Å². The normalized spacial score (nSPS) is 20.4. The smallest absolute Gasteiger partial charge is 0.406 e. The van der Waals surface area contributed by atoms with Gasteiger partial charge < -0.3 is 4.74 Å². The van der Waals surface area contributed by atoms with Crippen molar-refractivity contribution in [1.29, 1.82) is 0 Å². The van der Waals surface area contributed by atoms with Crippen molar-refractivity contribution in [2.45, 2.75) is 63.5 Å². The number of nitroso groups, excluding NO2 is 1. The van der Waals surface area contributed by atoms with Crippen molar-refractivity contribution in [3.8, 4) is 0 Å². The van der Waals surface area contributed by atoms with Crippen molar-refractivity contribution in [1.82, 2.24) is 5.10 Å². The Bertz CT molecular complexity index is 500. The van der Waals surface area contributed by atoms with E-state index in [2.05, 4.69) is 10.3 Å². The van der Waals surface area contributed by atoms with Gasteiger partial charge in [-0.2, -0.15) is 0 Å². The maximum atomic E-state index is 12.3. The van der Waals surface area contributed by atoms with Gasteiger partial charge >= 0.3 is 11.7 Å². The van der Waals surface area contributed by atoms with E-state index in [-0.39, 0.29) is 23.9 Å². The third-order valence-electron chi connectivity index (χ3n) is 4.34. The van der Waals surface area contributed by atoms with E-state index in [0.717, 1.165) is 51.4 Å². The maximum absolute atomic E-state index is 12.3. The van der Waals surface area contributed by atoms with Gasteiger partial charge in [0, 0.05) is 12.8 Å². The summed E-state index contributed by atoms with van der Waals surface area (Å²) in [6, 6.07) is 1.75. The fourth-order valence-corrected chi connectivity index (χ4v) is 3.29. The van der Waals surface area contributed by atoms with Crippen LogP contribution in [0.15, 0.2) is 11.2 Å². The van der Waals surface area contributed by atoms with Crippen molar-refractivity contribution in [2.24, 2.45) is 5.18 Å². The van der Waals surface area contributed by atoms with Crippen LogP contribution in [0.2, 0.25) is 0 Å². The number of esters is 1. The summed E-state index contributed by atoms with van der Waals surface area (Å²) in [4.78, 5) is 23.0. The van der Waals surface area contributed by atoms with Crippen LogP contribution in [0.4, 0.5) is 5.82 Å². The second kappa shape index (κ2) is 5.73. The minimum Gasteiger partial charge on any atom is -0.454 e. The molecule has 6 nitrogen and oxygen atoms in total. The Morgan fingerprint density at radius 3 is 2.50 bits per heavy atom. The summed E-state index contributed by atoms with van der Waals surface area (Å²) >= 11 is 0. The molecule has 6 heteroatoms. The lowest BCUT2D eigenvalue weighted by Gasteiger charge is -2.09. The highest BCUT2D eigenvalue weighted by Crippen LogP contribution is 2.27. The lowest BCUT2D eigenvalue weighted by Crippen LogP contribution is -2.45. The van der Waals surface area contributed by atoms with Gasteiger partial charge in [-0.3, -0.25) is 0 Å². The summed E-state index contributed by atoms with van der Waals surface area (Å²) in [5.74, 6) is -0.148. The third-order valence-corrected chi connectivity index (χ3v) is 4.34. The average molecular weight is 278 g/mol. The molecule has 0 atom stereocenters. The van der Waals surface area contributed by atoms with Crippen LogP contribution in [0.5, 0.6) is 0 Å². The molecule has 1 aromatic rings. The molecule has 0 aromatic carbocycles. The molecule has 2 fully saturated rings. The minimum atomic E-state index is -0.338. The van der Waals surface area contributed by atoms with Crippen LogP contribution in [0, 0.1) is 4.91 Å². The summed E-state index contributed by atoms with van der Waals surface area (Å²) in [6.07, 6.45) is 8.50. The van der Waals surface area contributed by atoms with Crippen LogP contribution in [0.1, 0.15) is 67.9 Å². The van der Waals surface area contributed by atoms with E-state index in [9.17, 15) is 9.70 Å². The molecule has 1 N–H and O–H groups in total. The fourth-order valence-electron chi connectivity index (χ4n) is 3.29. The number of ether oxygens (including phenoxy) is 1. The van der Waals surface area contributed by atoms with E-state index in [1.165, 1.54) is 6.07 Å². The Morgan fingerprint density at radius 2 is 1.85 bits per heavy atom. The summed E-state index contributed by atoms with van der Waals surface area (Å²) in [5.41, 5.74) is 0.429. The molecule has 0 aliphatic heterocycles. The average Bonchev–Trinajstić information content (AvgIpc) is 3.19. The molecule has 2 aliphatic rings. The highest BCUT2D eigenvalue weighted by molar-refractivity contribution is 5.86. The first-order valence-corrected chi connectivity index (χ1v) is 7.47. The van der Waals surface area contributed by atoms with E-state index in [1.54, 1.807) is 4.68 Å². The molecule has 0 bridgehead atoms. The van der Waals surface area contributed by atoms with Gasteiger partial charge in [-0.05, 0) is 43.7 Å². The third kappa shape index (κ3) is 2.59. The predicted molar refractivity (Wildman–Crippen MR) is 71.6 cm³/mol. The molecule has 2 saturated carbocycles. The number of aromatic nitrogens is 2. The first-order chi connectivity index (χ1) is 9.78. The number of carbonyl (C=O) groups is 1. The standard InChI is InChI=1S/C14H19N3O3/c18-14(20-11-7-3-4-8-11)12-9-13(16-19)15-17(12)10-5-1-2-6-10/h9-11H,1-8H2/p+1. The first kappa shape index (κ1) is 13.3. The quantitative estimate of drug-likeness (QED) is 0.522. The van der Waals surface area contributed by atoms with Crippen LogP contribution in [-0.2, 0) is 4.74 Å². The molecule has 0 radical (unpaired) electrons. The number of hydrogen-bond acceptors (Lipinski definition) is 4. The molecule has 0 spiro atoms. The van der Waals surface area contributed by atoms with Crippen LogP contribution < -0.4 is 4.68 Å². The highest BCUT2D eigenvalue weighted by Gasteiger charge is 2.35. The van der Waals surface area contributed by atoms with E-state index >= 15 is 0 Å². The molecule has 0 saturated heterocycles. The monoisotopic (exact) mass is 278 g/mol. The number of aromatic amines is 1. The summed E-state index contributed by atoms with van der Waals surface area (Å²) < 4.78 is 7.31. The first-order valence-electron chi connectivity index (χ1n) is 7.47. The van der Waals surface area contributed by atoms with E-state index in [4.69, 9.17) is 4.74 Å². The molecule has 2 aliphatic carbocycles. The summed E-state index contributed by atoms with van der Waals surface area (Å²) in [6.45, 7) is 0. The highest BCUT2D eigenvalue weighted by atomic mass is 16.5. The molecular weight excluding hydrogens is 258 g/mol. The minimum absolute atomic E-state index is 0.0297. The SMILES string of the molecule is O=Nc1cc(C(=O)OC2CCCC2)[n+](C2CCCC2)[nH]1. The van der Waals surface area contributed by atoms with Crippen LogP contribution in [0.3, 0.4) is 0 Å². The Balaban J connectivity index is 1.80. The Labute approximate surface area is 117 Å². The van der Waals surface area contributed by atoms with E-state index in [0.29, 0.717) is 5.69 Å². The Kier molecular flexibility index (Phi) is 3.80. The van der Waals surface area contributed by atoms with Gasteiger partial charge in [0.1, 0.15) is 6.10 Å². The molecule has 0 unspecified atom stereocenters. The van der Waals surface area contributed by atoms with Gasteiger partial charge in [0.05, 0.1) is 6.07 Å². The fraction of sp³-hybridized carbons (Fsp3) is 0.714. The van der Waals surface area contributed by atoms with Gasteiger partial charge in [0.25, 0.3) is 0 Å². The summed E-state index contributed by atoms with van der Waals surface area (Å²) in [7, 11) is 0. The zero-order valence-electron chi connectivity index (χ0n) is 11.5. The van der Waals surface area contributed by atoms with Gasteiger partial charge in [0.2, 0.25) is 5.82 Å². The van der Waals surface area contributed by atoms with Crippen LogP contribution in [0.25, 0.3) is 0 Å². The number of nitrogens with zero attached hydrogens (tertiary/aromatic N) is 2. The molecule has 3 rings (SSSR count). The largest absolute Gasteiger partial charge is 0.454 e. The van der Waals surface area contributed by atoms with Gasteiger partial charge in [-0.25, -0.2) is 4.79 Å². The second-order valence-electron chi connectivity index (χ2n) is 5.74. The number of rotatable bonds is 4. The van der Waals surface area contributed by atoms with Crippen molar-refractivity contribution in [3.05, 3.63) is 16.7 Å². The van der Waals surface area contributed by atoms with Crippen molar-refractivity contribution >= 4 is 11.8 Å². The summed E-state index contributed by atoms with van der Waals surface area (Å²) in [5, 5.41) is 5.82.